The van der Waals surface area contributed by atoms with Crippen LogP contribution in [0.4, 0.5) is 4.79 Å². The van der Waals surface area contributed by atoms with Gasteiger partial charge in [-0.2, -0.15) is 0 Å². The lowest BCUT2D eigenvalue weighted by Gasteiger charge is -2.29. The predicted molar refractivity (Wildman–Crippen MR) is 110 cm³/mol. The first-order valence-corrected chi connectivity index (χ1v) is 10.9. The monoisotopic (exact) mass is 419 g/mol. The van der Waals surface area contributed by atoms with E-state index in [2.05, 4.69) is 22.5 Å². The lowest BCUT2D eigenvalue weighted by molar-refractivity contribution is -0.140. The second kappa shape index (κ2) is 9.69. The number of alkyl carbamates (subject to hydrolysis) is 1. The molecule has 8 nitrogen and oxygen atoms in total. The van der Waals surface area contributed by atoms with Gasteiger partial charge in [-0.1, -0.05) is 5.92 Å². The molecule has 2 fully saturated rings. The van der Waals surface area contributed by atoms with Gasteiger partial charge in [-0.25, -0.2) is 4.79 Å². The molecule has 1 saturated heterocycles. The van der Waals surface area contributed by atoms with E-state index in [9.17, 15) is 14.4 Å². The number of ether oxygens (including phenoxy) is 2. The maximum Gasteiger partial charge on any atom is 0.408 e. The highest BCUT2D eigenvalue weighted by Crippen LogP contribution is 2.30. The third-order valence-electron chi connectivity index (χ3n) is 5.37. The van der Waals surface area contributed by atoms with E-state index in [0.29, 0.717) is 32.6 Å². The van der Waals surface area contributed by atoms with Crippen molar-refractivity contribution in [2.45, 2.75) is 83.0 Å². The Morgan fingerprint density at radius 1 is 1.23 bits per heavy atom. The Kier molecular flexibility index (Phi) is 7.24. The number of fused-ring (bicyclic) bond motifs is 2. The first kappa shape index (κ1) is 22.4. The van der Waals surface area contributed by atoms with Crippen LogP contribution in [0.25, 0.3) is 0 Å². The molecule has 3 amide bonds. The average Bonchev–Trinajstić information content (AvgIpc) is 3.19. The second-order valence-corrected chi connectivity index (χ2v) is 9.17. The maximum atomic E-state index is 13.3. The molecule has 2 heterocycles. The largest absolute Gasteiger partial charge is 0.444 e. The summed E-state index contributed by atoms with van der Waals surface area (Å²) in [4.78, 5) is 39.9. The van der Waals surface area contributed by atoms with Gasteiger partial charge in [-0.15, -0.1) is 5.92 Å². The highest BCUT2D eigenvalue weighted by molar-refractivity contribution is 5.92. The minimum Gasteiger partial charge on any atom is -0.444 e. The molecular formula is C22H33N3O5. The van der Waals surface area contributed by atoms with Gasteiger partial charge < -0.3 is 25.0 Å². The van der Waals surface area contributed by atoms with E-state index in [0.717, 1.165) is 25.7 Å². The summed E-state index contributed by atoms with van der Waals surface area (Å²) in [7, 11) is 0. The summed E-state index contributed by atoms with van der Waals surface area (Å²) in [6.45, 7) is 6.69. The van der Waals surface area contributed by atoms with Crippen LogP contribution in [0.5, 0.6) is 0 Å². The van der Waals surface area contributed by atoms with Crippen molar-refractivity contribution in [3.63, 3.8) is 0 Å². The standard InChI is InChI=1S/C22H33N3O5/c1-22(2,3)30-21(28)24-16-10-13-29-12-6-4-5-8-15-14-17(15)23-19(26)18-9-7-11-25(18)20(16)27/h15-18H,4,6-7,9-14H2,1-3H3,(H,23,26)(H,24,28)/t15-,16+,17-,18+/m1/s1. The van der Waals surface area contributed by atoms with Gasteiger partial charge in [0.05, 0.1) is 0 Å². The Morgan fingerprint density at radius 2 is 2.03 bits per heavy atom. The van der Waals surface area contributed by atoms with E-state index in [1.165, 1.54) is 0 Å². The summed E-state index contributed by atoms with van der Waals surface area (Å²) < 4.78 is 11.0. The van der Waals surface area contributed by atoms with Crippen LogP contribution in [0.1, 0.15) is 59.3 Å². The van der Waals surface area contributed by atoms with Crippen molar-refractivity contribution < 1.29 is 23.9 Å². The number of nitrogens with zero attached hydrogens (tertiary/aromatic N) is 1. The van der Waals surface area contributed by atoms with Crippen LogP contribution in [-0.4, -0.2) is 66.3 Å². The first-order valence-electron chi connectivity index (χ1n) is 10.9. The zero-order chi connectivity index (χ0) is 21.7. The van der Waals surface area contributed by atoms with Crippen molar-refractivity contribution in [3.05, 3.63) is 0 Å². The molecule has 0 aromatic heterocycles. The summed E-state index contributed by atoms with van der Waals surface area (Å²) in [5, 5.41) is 5.73. The fraction of sp³-hybridized carbons (Fsp3) is 0.773. The lowest BCUT2D eigenvalue weighted by atomic mass is 10.1. The van der Waals surface area contributed by atoms with E-state index >= 15 is 0 Å². The molecule has 3 rings (SSSR count). The number of hydrogen-bond acceptors (Lipinski definition) is 5. The summed E-state index contributed by atoms with van der Waals surface area (Å²) in [6.07, 6.45) is 3.46. The Balaban J connectivity index is 1.71. The number of nitrogens with one attached hydrogen (secondary N) is 2. The molecule has 2 aliphatic heterocycles. The van der Waals surface area contributed by atoms with E-state index in [-0.39, 0.29) is 23.8 Å². The highest BCUT2D eigenvalue weighted by Gasteiger charge is 2.42. The highest BCUT2D eigenvalue weighted by atomic mass is 16.6. The Morgan fingerprint density at radius 3 is 2.80 bits per heavy atom. The maximum absolute atomic E-state index is 13.3. The fourth-order valence-corrected chi connectivity index (χ4v) is 3.77. The van der Waals surface area contributed by atoms with Gasteiger partial charge in [0.2, 0.25) is 11.8 Å². The molecule has 1 aliphatic carbocycles. The normalized spacial score (nSPS) is 30.3. The van der Waals surface area contributed by atoms with E-state index in [1.54, 1.807) is 25.7 Å². The van der Waals surface area contributed by atoms with Gasteiger partial charge in [0.15, 0.2) is 0 Å². The molecule has 30 heavy (non-hydrogen) atoms. The number of rotatable bonds is 1. The smallest absolute Gasteiger partial charge is 0.408 e. The summed E-state index contributed by atoms with van der Waals surface area (Å²) >= 11 is 0. The Bertz CT molecular complexity index is 721. The molecule has 0 aromatic carbocycles. The number of carbonyl (C=O) groups excluding carboxylic acids is 3. The summed E-state index contributed by atoms with van der Waals surface area (Å²) in [6, 6.07) is -1.24. The van der Waals surface area contributed by atoms with Crippen molar-refractivity contribution >= 4 is 17.9 Å². The average molecular weight is 420 g/mol. The molecule has 0 unspecified atom stereocenters. The first-order chi connectivity index (χ1) is 14.2. The molecule has 4 atom stereocenters. The van der Waals surface area contributed by atoms with Crippen molar-refractivity contribution in [3.8, 4) is 11.8 Å². The molecule has 0 bridgehead atoms. The van der Waals surface area contributed by atoms with Gasteiger partial charge in [-0.3, -0.25) is 9.59 Å². The van der Waals surface area contributed by atoms with Crippen molar-refractivity contribution in [1.82, 2.24) is 15.5 Å². The van der Waals surface area contributed by atoms with Crippen LogP contribution in [-0.2, 0) is 19.1 Å². The topological polar surface area (TPSA) is 97.0 Å². The molecule has 3 aliphatic rings. The van der Waals surface area contributed by atoms with Crippen molar-refractivity contribution in [2.75, 3.05) is 19.8 Å². The van der Waals surface area contributed by atoms with Crippen LogP contribution in [0, 0.1) is 17.8 Å². The van der Waals surface area contributed by atoms with Crippen LogP contribution < -0.4 is 10.6 Å². The zero-order valence-electron chi connectivity index (χ0n) is 18.2. The molecule has 166 valence electrons. The molecule has 0 aromatic rings. The number of carbonyl (C=O) groups is 3. The van der Waals surface area contributed by atoms with E-state index in [4.69, 9.17) is 9.47 Å². The Hall–Kier alpha value is -2.27. The van der Waals surface area contributed by atoms with Crippen molar-refractivity contribution in [1.29, 1.82) is 0 Å². The quantitative estimate of drug-likeness (QED) is 0.629. The van der Waals surface area contributed by atoms with Crippen LogP contribution in [0.2, 0.25) is 0 Å². The second-order valence-electron chi connectivity index (χ2n) is 9.17. The summed E-state index contributed by atoms with van der Waals surface area (Å²) in [5.74, 6) is 6.19. The molecule has 1 saturated carbocycles. The SMILES string of the molecule is CC(C)(C)OC(=O)N[C@H]1CCOCCCC#C[C@@H]2C[C@H]2NC(=O)[C@@H]2CCCN2C1=O. The van der Waals surface area contributed by atoms with Gasteiger partial charge in [0.1, 0.15) is 17.7 Å². The third kappa shape index (κ3) is 6.36. The van der Waals surface area contributed by atoms with E-state index in [1.807, 2.05) is 0 Å². The van der Waals surface area contributed by atoms with Crippen LogP contribution >= 0.6 is 0 Å². The molecule has 2 N–H and O–H groups in total. The van der Waals surface area contributed by atoms with Gasteiger partial charge >= 0.3 is 6.09 Å². The number of hydrogen-bond donors (Lipinski definition) is 2. The minimum atomic E-state index is -0.797. The molecular weight excluding hydrogens is 386 g/mol. The van der Waals surface area contributed by atoms with E-state index < -0.39 is 23.8 Å². The van der Waals surface area contributed by atoms with Gasteiger partial charge in [-0.05, 0) is 46.5 Å². The third-order valence-corrected chi connectivity index (χ3v) is 5.37. The van der Waals surface area contributed by atoms with Crippen molar-refractivity contribution in [2.24, 2.45) is 5.92 Å². The Labute approximate surface area is 178 Å². The van der Waals surface area contributed by atoms with Gasteiger partial charge in [0.25, 0.3) is 0 Å². The van der Waals surface area contributed by atoms with Gasteiger partial charge in [0, 0.05) is 44.6 Å². The van der Waals surface area contributed by atoms with Crippen LogP contribution in [0.15, 0.2) is 0 Å². The zero-order valence-corrected chi connectivity index (χ0v) is 18.2. The summed E-state index contributed by atoms with van der Waals surface area (Å²) in [5.41, 5.74) is -0.667. The molecule has 0 spiro atoms. The fourth-order valence-electron chi connectivity index (χ4n) is 3.77. The predicted octanol–water partition coefficient (Wildman–Crippen LogP) is 1.58. The molecule has 8 heteroatoms. The lowest BCUT2D eigenvalue weighted by Crippen LogP contribution is -2.54. The number of amides is 3. The minimum absolute atomic E-state index is 0.0717. The molecule has 0 radical (unpaired) electrons. The van der Waals surface area contributed by atoms with Crippen LogP contribution in [0.3, 0.4) is 0 Å².